The molecule has 4 nitrogen and oxygen atoms in total. The lowest BCUT2D eigenvalue weighted by atomic mass is 10.1. The highest BCUT2D eigenvalue weighted by molar-refractivity contribution is 9.10. The van der Waals surface area contributed by atoms with Crippen LogP contribution in [0.15, 0.2) is 62.6 Å². The van der Waals surface area contributed by atoms with E-state index in [1.807, 2.05) is 36.4 Å². The minimum absolute atomic E-state index is 0.586. The van der Waals surface area contributed by atoms with Gasteiger partial charge in [-0.15, -0.1) is 10.2 Å². The number of hydrogen-bond acceptors (Lipinski definition) is 5. The van der Waals surface area contributed by atoms with E-state index in [0.29, 0.717) is 17.5 Å². The van der Waals surface area contributed by atoms with Gasteiger partial charge in [-0.25, -0.2) is 0 Å². The largest absolute Gasteiger partial charge is 0.497 e. The highest BCUT2D eigenvalue weighted by atomic mass is 79.9. The zero-order valence-corrected chi connectivity index (χ0v) is 14.9. The number of ether oxygens (including phenoxy) is 1. The summed E-state index contributed by atoms with van der Waals surface area (Å²) in [4.78, 5) is 0. The summed E-state index contributed by atoms with van der Waals surface area (Å²) in [6.07, 6.45) is 0.599. The van der Waals surface area contributed by atoms with E-state index in [0.717, 1.165) is 21.5 Å². The average molecular weight is 391 g/mol. The Balaban J connectivity index is 1.61. The van der Waals surface area contributed by atoms with Crippen molar-refractivity contribution in [2.24, 2.45) is 0 Å². The normalized spacial score (nSPS) is 10.7. The Morgan fingerprint density at radius 2 is 1.91 bits per heavy atom. The third-order valence-electron chi connectivity index (χ3n) is 3.19. The molecule has 0 saturated carbocycles. The molecule has 0 atom stereocenters. The van der Waals surface area contributed by atoms with Crippen molar-refractivity contribution >= 4 is 27.7 Å². The lowest BCUT2D eigenvalue weighted by Gasteiger charge is -2.01. The van der Waals surface area contributed by atoms with Crippen molar-refractivity contribution < 1.29 is 9.15 Å². The van der Waals surface area contributed by atoms with Crippen molar-refractivity contribution in [3.05, 3.63) is 70.0 Å². The van der Waals surface area contributed by atoms with Gasteiger partial charge in [-0.3, -0.25) is 0 Å². The summed E-state index contributed by atoms with van der Waals surface area (Å²) in [5, 5.41) is 8.79. The molecule has 2 aromatic carbocycles. The van der Waals surface area contributed by atoms with Crippen LogP contribution in [0.1, 0.15) is 17.0 Å². The van der Waals surface area contributed by atoms with Gasteiger partial charge in [0.15, 0.2) is 0 Å². The first-order valence-electron chi connectivity index (χ1n) is 7.05. The molecule has 23 heavy (non-hydrogen) atoms. The Labute approximate surface area is 147 Å². The van der Waals surface area contributed by atoms with Crippen molar-refractivity contribution in [1.29, 1.82) is 0 Å². The maximum atomic E-state index is 5.70. The number of rotatable bonds is 6. The Morgan fingerprint density at radius 3 is 2.74 bits per heavy atom. The summed E-state index contributed by atoms with van der Waals surface area (Å²) in [6, 6.07) is 16.0. The third kappa shape index (κ3) is 4.59. The second kappa shape index (κ2) is 7.66. The van der Waals surface area contributed by atoms with Crippen LogP contribution in [0.5, 0.6) is 5.75 Å². The third-order valence-corrected chi connectivity index (χ3v) is 4.57. The molecule has 0 saturated heterocycles. The number of hydrogen-bond donors (Lipinski definition) is 0. The molecule has 0 radical (unpaired) electrons. The van der Waals surface area contributed by atoms with Crippen molar-refractivity contribution in [2.45, 2.75) is 17.4 Å². The highest BCUT2D eigenvalue weighted by Crippen LogP contribution is 2.24. The van der Waals surface area contributed by atoms with Crippen LogP contribution < -0.4 is 4.74 Å². The Bertz CT molecular complexity index is 792. The van der Waals surface area contributed by atoms with Crippen molar-refractivity contribution in [1.82, 2.24) is 10.2 Å². The van der Waals surface area contributed by atoms with Gasteiger partial charge in [0.25, 0.3) is 5.22 Å². The zero-order chi connectivity index (χ0) is 16.1. The standard InChI is InChI=1S/C17H15BrN2O2S/c1-21-15-7-3-4-12(9-15)10-16-19-20-17(22-16)23-11-13-5-2-6-14(18)8-13/h2-9H,10-11H2,1H3. The average Bonchev–Trinajstić information content (AvgIpc) is 3.01. The van der Waals surface area contributed by atoms with E-state index in [2.05, 4.69) is 38.3 Å². The fourth-order valence-electron chi connectivity index (χ4n) is 2.10. The van der Waals surface area contributed by atoms with Gasteiger partial charge < -0.3 is 9.15 Å². The molecule has 1 aromatic heterocycles. The molecule has 3 aromatic rings. The Kier molecular flexibility index (Phi) is 5.35. The molecule has 0 aliphatic heterocycles. The van der Waals surface area contributed by atoms with E-state index in [1.54, 1.807) is 7.11 Å². The van der Waals surface area contributed by atoms with Crippen molar-refractivity contribution in [3.63, 3.8) is 0 Å². The van der Waals surface area contributed by atoms with Crippen LogP contribution in [0.3, 0.4) is 0 Å². The number of thioether (sulfide) groups is 1. The van der Waals surface area contributed by atoms with Crippen LogP contribution in [-0.4, -0.2) is 17.3 Å². The zero-order valence-electron chi connectivity index (χ0n) is 12.5. The molecular weight excluding hydrogens is 376 g/mol. The van der Waals surface area contributed by atoms with E-state index in [9.17, 15) is 0 Å². The summed E-state index contributed by atoms with van der Waals surface area (Å²) in [5.74, 6) is 2.22. The molecule has 0 spiro atoms. The van der Waals surface area contributed by atoms with Gasteiger partial charge in [0.1, 0.15) is 5.75 Å². The number of benzene rings is 2. The summed E-state index contributed by atoms with van der Waals surface area (Å²) >= 11 is 5.01. The molecule has 0 aliphatic carbocycles. The second-order valence-electron chi connectivity index (χ2n) is 4.91. The van der Waals surface area contributed by atoms with Gasteiger partial charge in [0, 0.05) is 10.2 Å². The van der Waals surface area contributed by atoms with Crippen molar-refractivity contribution in [2.75, 3.05) is 7.11 Å². The summed E-state index contributed by atoms with van der Waals surface area (Å²) in [6.45, 7) is 0. The second-order valence-corrected chi connectivity index (χ2v) is 6.75. The van der Waals surface area contributed by atoms with E-state index in [1.165, 1.54) is 17.3 Å². The van der Waals surface area contributed by atoms with Crippen LogP contribution in [0, 0.1) is 0 Å². The van der Waals surface area contributed by atoms with E-state index in [-0.39, 0.29) is 0 Å². The Hall–Kier alpha value is -1.79. The fraction of sp³-hybridized carbons (Fsp3) is 0.176. The predicted molar refractivity (Wildman–Crippen MR) is 93.8 cm³/mol. The lowest BCUT2D eigenvalue weighted by molar-refractivity contribution is 0.412. The van der Waals surface area contributed by atoms with Gasteiger partial charge in [-0.05, 0) is 35.4 Å². The molecule has 0 bridgehead atoms. The number of nitrogens with zero attached hydrogens (tertiary/aromatic N) is 2. The van der Waals surface area contributed by atoms with Crippen LogP contribution in [0.4, 0.5) is 0 Å². The minimum atomic E-state index is 0.586. The van der Waals surface area contributed by atoms with Gasteiger partial charge in [0.2, 0.25) is 5.89 Å². The quantitative estimate of drug-likeness (QED) is 0.569. The molecule has 1 heterocycles. The fourth-order valence-corrected chi connectivity index (χ4v) is 3.27. The SMILES string of the molecule is COc1cccc(Cc2nnc(SCc3cccc(Br)c3)o2)c1. The minimum Gasteiger partial charge on any atom is -0.497 e. The van der Waals surface area contributed by atoms with Crippen LogP contribution in [0.2, 0.25) is 0 Å². The molecule has 118 valence electrons. The molecule has 0 aliphatic rings. The molecule has 3 rings (SSSR count). The summed E-state index contributed by atoms with van der Waals surface area (Å²) in [7, 11) is 1.66. The first-order valence-corrected chi connectivity index (χ1v) is 8.83. The first-order chi connectivity index (χ1) is 11.2. The van der Waals surface area contributed by atoms with Gasteiger partial charge in [-0.2, -0.15) is 0 Å². The lowest BCUT2D eigenvalue weighted by Crippen LogP contribution is -1.90. The molecule has 0 N–H and O–H groups in total. The molecule has 6 heteroatoms. The number of methoxy groups -OCH3 is 1. The first kappa shape index (κ1) is 16.1. The molecule has 0 unspecified atom stereocenters. The van der Waals surface area contributed by atoms with Gasteiger partial charge in [-0.1, -0.05) is 52.0 Å². The monoisotopic (exact) mass is 390 g/mol. The molecule has 0 amide bonds. The summed E-state index contributed by atoms with van der Waals surface area (Å²) in [5.41, 5.74) is 2.29. The van der Waals surface area contributed by atoms with Crippen LogP contribution in [0.25, 0.3) is 0 Å². The molecular formula is C17H15BrN2O2S. The van der Waals surface area contributed by atoms with E-state index in [4.69, 9.17) is 9.15 Å². The maximum absolute atomic E-state index is 5.70. The highest BCUT2D eigenvalue weighted by Gasteiger charge is 2.08. The molecule has 0 fully saturated rings. The smallest absolute Gasteiger partial charge is 0.276 e. The number of aromatic nitrogens is 2. The van der Waals surface area contributed by atoms with Crippen LogP contribution in [-0.2, 0) is 12.2 Å². The maximum Gasteiger partial charge on any atom is 0.276 e. The van der Waals surface area contributed by atoms with Crippen LogP contribution >= 0.6 is 27.7 Å². The van der Waals surface area contributed by atoms with E-state index < -0.39 is 0 Å². The summed E-state index contributed by atoms with van der Waals surface area (Å²) < 4.78 is 12.0. The predicted octanol–water partition coefficient (Wildman–Crippen LogP) is 4.72. The Morgan fingerprint density at radius 1 is 1.09 bits per heavy atom. The van der Waals surface area contributed by atoms with Gasteiger partial charge >= 0.3 is 0 Å². The van der Waals surface area contributed by atoms with E-state index >= 15 is 0 Å². The number of halogens is 1. The van der Waals surface area contributed by atoms with Crippen molar-refractivity contribution in [3.8, 4) is 5.75 Å². The topological polar surface area (TPSA) is 48.2 Å². The van der Waals surface area contributed by atoms with Gasteiger partial charge in [0.05, 0.1) is 13.5 Å².